The Bertz CT molecular complexity index is 748. The first kappa shape index (κ1) is 12.5. The second kappa shape index (κ2) is 4.85. The third-order valence-corrected chi connectivity index (χ3v) is 3.50. The summed E-state index contributed by atoms with van der Waals surface area (Å²) in [6.45, 7) is 0. The predicted molar refractivity (Wildman–Crippen MR) is 76.9 cm³/mol. The zero-order valence-corrected chi connectivity index (χ0v) is 10.7. The van der Waals surface area contributed by atoms with Crippen LogP contribution < -0.4 is 10.9 Å². The molecule has 1 heterocycles. The van der Waals surface area contributed by atoms with E-state index in [0.29, 0.717) is 17.6 Å². The number of aromatic amines is 1. The summed E-state index contributed by atoms with van der Waals surface area (Å²) in [6, 6.07) is 9.13. The van der Waals surface area contributed by atoms with Gasteiger partial charge in [-0.15, -0.1) is 0 Å². The van der Waals surface area contributed by atoms with Crippen molar-refractivity contribution in [2.24, 2.45) is 5.92 Å². The highest BCUT2D eigenvalue weighted by Gasteiger charge is 2.24. The summed E-state index contributed by atoms with van der Waals surface area (Å²) in [5, 5.41) is 13.6. The third kappa shape index (κ3) is 2.30. The fourth-order valence-electron chi connectivity index (χ4n) is 2.48. The van der Waals surface area contributed by atoms with Crippen LogP contribution in [0.1, 0.15) is 6.42 Å². The van der Waals surface area contributed by atoms with E-state index in [0.717, 1.165) is 5.39 Å². The van der Waals surface area contributed by atoms with Crippen LogP contribution in [-0.4, -0.2) is 22.1 Å². The van der Waals surface area contributed by atoms with Crippen molar-refractivity contribution in [1.29, 1.82) is 0 Å². The molecule has 0 bridgehead atoms. The average molecular weight is 270 g/mol. The highest BCUT2D eigenvalue weighted by Crippen LogP contribution is 2.21. The van der Waals surface area contributed by atoms with Crippen LogP contribution >= 0.6 is 0 Å². The zero-order valence-electron chi connectivity index (χ0n) is 10.7. The van der Waals surface area contributed by atoms with Crippen molar-refractivity contribution in [1.82, 2.24) is 4.98 Å². The lowest BCUT2D eigenvalue weighted by atomic mass is 10.1. The van der Waals surface area contributed by atoms with Gasteiger partial charge >= 0.3 is 5.97 Å². The van der Waals surface area contributed by atoms with Crippen molar-refractivity contribution in [3.63, 3.8) is 0 Å². The van der Waals surface area contributed by atoms with Crippen LogP contribution in [0, 0.1) is 5.92 Å². The molecule has 2 unspecified atom stereocenters. The molecule has 0 fully saturated rings. The number of anilines is 1. The van der Waals surface area contributed by atoms with E-state index in [1.807, 2.05) is 30.3 Å². The highest BCUT2D eigenvalue weighted by molar-refractivity contribution is 5.83. The summed E-state index contributed by atoms with van der Waals surface area (Å²) in [5.41, 5.74) is -0.151. The van der Waals surface area contributed by atoms with Crippen molar-refractivity contribution in [3.8, 4) is 0 Å². The minimum absolute atomic E-state index is 0.0760. The minimum atomic E-state index is -0.822. The molecule has 1 aromatic heterocycles. The van der Waals surface area contributed by atoms with Crippen molar-refractivity contribution in [3.05, 3.63) is 52.8 Å². The maximum atomic E-state index is 11.9. The van der Waals surface area contributed by atoms with Gasteiger partial charge in [-0.2, -0.15) is 0 Å². The molecule has 0 saturated heterocycles. The first-order chi connectivity index (χ1) is 9.63. The first-order valence-corrected chi connectivity index (χ1v) is 6.43. The third-order valence-electron chi connectivity index (χ3n) is 3.50. The highest BCUT2D eigenvalue weighted by atomic mass is 16.4. The van der Waals surface area contributed by atoms with Gasteiger partial charge in [-0.05, 0) is 23.9 Å². The molecule has 2 aromatic rings. The van der Waals surface area contributed by atoms with Crippen molar-refractivity contribution in [2.45, 2.75) is 12.5 Å². The lowest BCUT2D eigenvalue weighted by molar-refractivity contribution is -0.140. The molecule has 1 aromatic carbocycles. The molecule has 0 radical (unpaired) electrons. The molecule has 0 spiro atoms. The number of aliphatic carboxylic acids is 1. The second-order valence-corrected chi connectivity index (χ2v) is 4.92. The van der Waals surface area contributed by atoms with Crippen LogP contribution in [0.25, 0.3) is 10.8 Å². The fraction of sp³-hybridized carbons (Fsp3) is 0.200. The normalized spacial score (nSPS) is 21.2. The van der Waals surface area contributed by atoms with Crippen LogP contribution in [0.2, 0.25) is 0 Å². The van der Waals surface area contributed by atoms with Gasteiger partial charge in [-0.3, -0.25) is 9.59 Å². The number of benzene rings is 1. The summed E-state index contributed by atoms with van der Waals surface area (Å²) < 4.78 is 0. The summed E-state index contributed by atoms with van der Waals surface area (Å²) in [6.07, 6.45) is 4.00. The molecular weight excluding hydrogens is 256 g/mol. The van der Waals surface area contributed by atoms with Crippen LogP contribution in [0.5, 0.6) is 0 Å². The summed E-state index contributed by atoms with van der Waals surface area (Å²) in [7, 11) is 0. The molecule has 0 amide bonds. The molecule has 1 aliphatic carbocycles. The summed E-state index contributed by atoms with van der Waals surface area (Å²) in [5.74, 6) is -0.674. The van der Waals surface area contributed by atoms with Gasteiger partial charge in [0.05, 0.1) is 5.92 Å². The number of carboxylic acids is 1. The van der Waals surface area contributed by atoms with E-state index in [1.165, 1.54) is 0 Å². The smallest absolute Gasteiger partial charge is 0.310 e. The standard InChI is InChI=1S/C15H14N2O3/c18-14-12-4-2-1-3-9(12)8-13(17-14)16-11-6-5-10(7-11)15(19)20/h1-6,8,10-11H,7H2,(H,19,20)(H2,16,17,18). The number of hydrogen-bond donors (Lipinski definition) is 3. The molecule has 5 heteroatoms. The molecule has 102 valence electrons. The second-order valence-electron chi connectivity index (χ2n) is 4.92. The Hall–Kier alpha value is -2.56. The van der Waals surface area contributed by atoms with Gasteiger partial charge in [0.1, 0.15) is 5.82 Å². The lowest BCUT2D eigenvalue weighted by Crippen LogP contribution is -2.21. The van der Waals surface area contributed by atoms with Crippen LogP contribution in [0.4, 0.5) is 5.82 Å². The first-order valence-electron chi connectivity index (χ1n) is 6.43. The number of aromatic nitrogens is 1. The fourth-order valence-corrected chi connectivity index (χ4v) is 2.48. The van der Waals surface area contributed by atoms with E-state index < -0.39 is 11.9 Å². The monoisotopic (exact) mass is 270 g/mol. The van der Waals surface area contributed by atoms with Crippen molar-refractivity contribution in [2.75, 3.05) is 5.32 Å². The lowest BCUT2D eigenvalue weighted by Gasteiger charge is -2.13. The number of nitrogens with one attached hydrogen (secondary N) is 2. The summed E-state index contributed by atoms with van der Waals surface area (Å²) in [4.78, 5) is 25.6. The number of hydrogen-bond acceptors (Lipinski definition) is 3. The van der Waals surface area contributed by atoms with Gasteiger partial charge in [0, 0.05) is 11.4 Å². The van der Waals surface area contributed by atoms with Gasteiger partial charge < -0.3 is 15.4 Å². The molecular formula is C15H14N2O3. The van der Waals surface area contributed by atoms with Crippen molar-refractivity contribution >= 4 is 22.6 Å². The van der Waals surface area contributed by atoms with Gasteiger partial charge in [0.25, 0.3) is 5.56 Å². The maximum Gasteiger partial charge on any atom is 0.310 e. The molecule has 3 N–H and O–H groups in total. The van der Waals surface area contributed by atoms with E-state index in [9.17, 15) is 9.59 Å². The van der Waals surface area contributed by atoms with E-state index in [-0.39, 0.29) is 11.6 Å². The Morgan fingerprint density at radius 3 is 2.85 bits per heavy atom. The topological polar surface area (TPSA) is 82.2 Å². The van der Waals surface area contributed by atoms with E-state index in [4.69, 9.17) is 5.11 Å². The number of pyridine rings is 1. The Labute approximate surface area is 114 Å². The molecule has 0 saturated carbocycles. The number of carboxylic acid groups (broad SMARTS) is 1. The largest absolute Gasteiger partial charge is 0.481 e. The zero-order chi connectivity index (χ0) is 14.1. The molecule has 0 aliphatic heterocycles. The average Bonchev–Trinajstić information content (AvgIpc) is 2.87. The SMILES string of the molecule is O=C(O)C1C=CC(Nc2cc3ccccc3c(=O)[nH]2)C1. The predicted octanol–water partition coefficient (Wildman–Crippen LogP) is 1.97. The van der Waals surface area contributed by atoms with Crippen LogP contribution in [0.3, 0.4) is 0 Å². The van der Waals surface area contributed by atoms with Crippen LogP contribution in [-0.2, 0) is 4.79 Å². The Morgan fingerprint density at radius 1 is 1.30 bits per heavy atom. The Balaban J connectivity index is 1.84. The van der Waals surface area contributed by atoms with Crippen LogP contribution in [0.15, 0.2) is 47.3 Å². The molecule has 5 nitrogen and oxygen atoms in total. The number of carbonyl (C=O) groups is 1. The maximum absolute atomic E-state index is 11.9. The number of fused-ring (bicyclic) bond motifs is 1. The minimum Gasteiger partial charge on any atom is -0.481 e. The van der Waals surface area contributed by atoms with Gasteiger partial charge in [-0.1, -0.05) is 30.4 Å². The molecule has 1 aliphatic rings. The Kier molecular flexibility index (Phi) is 3.02. The summed E-state index contributed by atoms with van der Waals surface area (Å²) >= 11 is 0. The number of rotatable bonds is 3. The van der Waals surface area contributed by atoms with Crippen molar-refractivity contribution < 1.29 is 9.90 Å². The quantitative estimate of drug-likeness (QED) is 0.745. The molecule has 2 atom stereocenters. The van der Waals surface area contributed by atoms with Gasteiger partial charge in [0.2, 0.25) is 0 Å². The number of H-pyrrole nitrogens is 1. The van der Waals surface area contributed by atoms with E-state index in [2.05, 4.69) is 10.3 Å². The van der Waals surface area contributed by atoms with Gasteiger partial charge in [0.15, 0.2) is 0 Å². The van der Waals surface area contributed by atoms with Gasteiger partial charge in [-0.25, -0.2) is 0 Å². The Morgan fingerprint density at radius 2 is 2.10 bits per heavy atom. The van der Waals surface area contributed by atoms with E-state index in [1.54, 1.807) is 12.1 Å². The molecule has 20 heavy (non-hydrogen) atoms. The molecule has 3 rings (SSSR count). The van der Waals surface area contributed by atoms with E-state index >= 15 is 0 Å².